The first-order valence-electron chi connectivity index (χ1n) is 12.1. The zero-order chi connectivity index (χ0) is 19.6. The van der Waals surface area contributed by atoms with Crippen LogP contribution in [0.4, 0.5) is 0 Å². The molecule has 3 nitrogen and oxygen atoms in total. The van der Waals surface area contributed by atoms with Gasteiger partial charge in [0.1, 0.15) is 0 Å². The minimum Gasteiger partial charge on any atom is -0.378 e. The highest BCUT2D eigenvalue weighted by Gasteiger charge is 2.33. The summed E-state index contributed by atoms with van der Waals surface area (Å²) in [5.74, 6) is 2.58. The van der Waals surface area contributed by atoms with Crippen molar-refractivity contribution < 1.29 is 4.74 Å². The van der Waals surface area contributed by atoms with Crippen LogP contribution in [-0.4, -0.2) is 61.8 Å². The molecule has 1 saturated carbocycles. The zero-order valence-electron chi connectivity index (χ0n) is 19.1. The summed E-state index contributed by atoms with van der Waals surface area (Å²) in [6.07, 6.45) is 12.6. The molecule has 0 aromatic heterocycles. The predicted octanol–water partition coefficient (Wildman–Crippen LogP) is 5.44. The third-order valence-electron chi connectivity index (χ3n) is 6.99. The lowest BCUT2D eigenvalue weighted by Crippen LogP contribution is -2.47. The highest BCUT2D eigenvalue weighted by atomic mass is 16.5. The van der Waals surface area contributed by atoms with Gasteiger partial charge in [0.25, 0.3) is 0 Å². The predicted molar refractivity (Wildman–Crippen MR) is 117 cm³/mol. The summed E-state index contributed by atoms with van der Waals surface area (Å²) in [4.78, 5) is 5.27. The molecule has 0 N–H and O–H groups in total. The van der Waals surface area contributed by atoms with E-state index in [1.807, 2.05) is 0 Å². The number of nitrogens with zero attached hydrogens (tertiary/aromatic N) is 2. The van der Waals surface area contributed by atoms with Gasteiger partial charge in [-0.15, -0.1) is 0 Å². The normalized spacial score (nSPS) is 25.9. The molecule has 3 heteroatoms. The average molecular weight is 381 g/mol. The molecule has 1 aliphatic heterocycles. The van der Waals surface area contributed by atoms with Crippen molar-refractivity contribution in [3.63, 3.8) is 0 Å². The van der Waals surface area contributed by atoms with Crippen molar-refractivity contribution in [1.29, 1.82) is 0 Å². The van der Waals surface area contributed by atoms with Gasteiger partial charge in [-0.1, -0.05) is 47.0 Å². The molecule has 0 spiro atoms. The van der Waals surface area contributed by atoms with Gasteiger partial charge in [-0.2, -0.15) is 0 Å². The van der Waals surface area contributed by atoms with Gasteiger partial charge in [0.2, 0.25) is 0 Å². The van der Waals surface area contributed by atoms with Gasteiger partial charge < -0.3 is 14.5 Å². The number of rotatable bonds is 13. The molecule has 0 bridgehead atoms. The van der Waals surface area contributed by atoms with Crippen LogP contribution in [0.5, 0.6) is 0 Å². The standard InChI is InChI=1S/C24H48N2O/c1-6-8-9-21(7-2)19-26-13-10-22(11-14-26)12-15-27-24-16-23(17-24)25(5)18-20(3)4/h20-24H,6-19H2,1-5H3/t21?,23-,24-. The van der Waals surface area contributed by atoms with Gasteiger partial charge in [0.15, 0.2) is 0 Å². The largest absolute Gasteiger partial charge is 0.378 e. The summed E-state index contributed by atoms with van der Waals surface area (Å²) in [6.45, 7) is 15.5. The van der Waals surface area contributed by atoms with Crippen LogP contribution in [0.2, 0.25) is 0 Å². The van der Waals surface area contributed by atoms with Crippen molar-refractivity contribution in [1.82, 2.24) is 9.80 Å². The third-order valence-corrected chi connectivity index (χ3v) is 6.99. The second-order valence-corrected chi connectivity index (χ2v) is 9.90. The Morgan fingerprint density at radius 2 is 1.81 bits per heavy atom. The van der Waals surface area contributed by atoms with Crippen molar-refractivity contribution in [2.24, 2.45) is 17.8 Å². The van der Waals surface area contributed by atoms with Gasteiger partial charge in [0, 0.05) is 25.7 Å². The van der Waals surface area contributed by atoms with Crippen molar-refractivity contribution in [3.05, 3.63) is 0 Å². The fourth-order valence-electron chi connectivity index (χ4n) is 4.90. The summed E-state index contributed by atoms with van der Waals surface area (Å²) in [5.41, 5.74) is 0. The lowest BCUT2D eigenvalue weighted by molar-refractivity contribution is -0.0521. The maximum absolute atomic E-state index is 6.18. The molecule has 0 aromatic carbocycles. The first-order chi connectivity index (χ1) is 13.0. The van der Waals surface area contributed by atoms with Gasteiger partial charge in [-0.25, -0.2) is 0 Å². The van der Waals surface area contributed by atoms with E-state index in [1.165, 1.54) is 84.0 Å². The Morgan fingerprint density at radius 1 is 1.11 bits per heavy atom. The molecule has 1 atom stereocenters. The topological polar surface area (TPSA) is 15.7 Å². The Hall–Kier alpha value is -0.120. The van der Waals surface area contributed by atoms with Crippen molar-refractivity contribution in [3.8, 4) is 0 Å². The molecule has 1 aliphatic carbocycles. The first-order valence-corrected chi connectivity index (χ1v) is 12.1. The maximum Gasteiger partial charge on any atom is 0.0605 e. The van der Waals surface area contributed by atoms with E-state index >= 15 is 0 Å². The van der Waals surface area contributed by atoms with E-state index in [2.05, 4.69) is 44.5 Å². The molecule has 0 radical (unpaired) electrons. The Morgan fingerprint density at radius 3 is 2.41 bits per heavy atom. The van der Waals surface area contributed by atoms with Gasteiger partial charge in [-0.3, -0.25) is 0 Å². The van der Waals surface area contributed by atoms with Crippen molar-refractivity contribution in [2.45, 2.75) is 97.6 Å². The summed E-state index contributed by atoms with van der Waals surface area (Å²) >= 11 is 0. The minimum absolute atomic E-state index is 0.536. The number of hydrogen-bond acceptors (Lipinski definition) is 3. The number of hydrogen-bond donors (Lipinski definition) is 0. The van der Waals surface area contributed by atoms with E-state index in [1.54, 1.807) is 0 Å². The lowest BCUT2D eigenvalue weighted by atomic mass is 9.87. The molecule has 27 heavy (non-hydrogen) atoms. The number of unbranched alkanes of at least 4 members (excludes halogenated alkanes) is 1. The van der Waals surface area contributed by atoms with Crippen LogP contribution >= 0.6 is 0 Å². The Labute approximate surface area is 170 Å². The molecular weight excluding hydrogens is 332 g/mol. The second-order valence-electron chi connectivity index (χ2n) is 9.90. The third kappa shape index (κ3) is 8.41. The lowest BCUT2D eigenvalue weighted by Gasteiger charge is -2.42. The molecule has 2 fully saturated rings. The van der Waals surface area contributed by atoms with Crippen LogP contribution in [0.15, 0.2) is 0 Å². The van der Waals surface area contributed by atoms with E-state index < -0.39 is 0 Å². The summed E-state index contributed by atoms with van der Waals surface area (Å²) in [6, 6.07) is 0.764. The van der Waals surface area contributed by atoms with Crippen LogP contribution in [-0.2, 0) is 4.74 Å². The fourth-order valence-corrected chi connectivity index (χ4v) is 4.90. The van der Waals surface area contributed by atoms with Crippen LogP contribution in [0, 0.1) is 17.8 Å². The second kappa shape index (κ2) is 12.4. The monoisotopic (exact) mass is 380 g/mol. The molecule has 1 saturated heterocycles. The molecule has 0 aromatic rings. The molecular formula is C24H48N2O. The molecule has 1 heterocycles. The highest BCUT2D eigenvalue weighted by Crippen LogP contribution is 2.29. The smallest absolute Gasteiger partial charge is 0.0605 e. The summed E-state index contributed by atoms with van der Waals surface area (Å²) < 4.78 is 6.18. The Bertz CT molecular complexity index is 373. The maximum atomic E-state index is 6.18. The molecule has 160 valence electrons. The average Bonchev–Trinajstić information content (AvgIpc) is 2.60. The number of piperidine rings is 1. The molecule has 2 rings (SSSR count). The van der Waals surface area contributed by atoms with Crippen LogP contribution in [0.3, 0.4) is 0 Å². The van der Waals surface area contributed by atoms with E-state index in [0.29, 0.717) is 6.10 Å². The zero-order valence-corrected chi connectivity index (χ0v) is 19.1. The van der Waals surface area contributed by atoms with Gasteiger partial charge in [0.05, 0.1) is 6.10 Å². The van der Waals surface area contributed by atoms with E-state index in [-0.39, 0.29) is 0 Å². The Balaban J connectivity index is 1.51. The SMILES string of the molecule is CCCCC(CC)CN1CCC(CCO[C@H]2C[C@H](N(C)CC(C)C)C2)CC1. The molecule has 0 amide bonds. The summed E-state index contributed by atoms with van der Waals surface area (Å²) in [7, 11) is 2.28. The fraction of sp³-hybridized carbons (Fsp3) is 1.00. The van der Waals surface area contributed by atoms with E-state index in [0.717, 1.165) is 30.4 Å². The molecule has 2 aliphatic rings. The quantitative estimate of drug-likeness (QED) is 0.423. The van der Waals surface area contributed by atoms with Crippen LogP contribution in [0.1, 0.15) is 85.5 Å². The minimum atomic E-state index is 0.536. The van der Waals surface area contributed by atoms with Gasteiger partial charge in [-0.05, 0) is 76.4 Å². The highest BCUT2D eigenvalue weighted by molar-refractivity contribution is 4.87. The van der Waals surface area contributed by atoms with E-state index in [9.17, 15) is 0 Å². The van der Waals surface area contributed by atoms with Crippen LogP contribution < -0.4 is 0 Å². The van der Waals surface area contributed by atoms with E-state index in [4.69, 9.17) is 4.74 Å². The van der Waals surface area contributed by atoms with Crippen molar-refractivity contribution in [2.75, 3.05) is 39.8 Å². The number of likely N-dealkylation sites (tertiary alicyclic amines) is 1. The number of ether oxygens (including phenoxy) is 1. The van der Waals surface area contributed by atoms with Crippen LogP contribution in [0.25, 0.3) is 0 Å². The van der Waals surface area contributed by atoms with Crippen molar-refractivity contribution >= 4 is 0 Å². The van der Waals surface area contributed by atoms with Gasteiger partial charge >= 0.3 is 0 Å². The first kappa shape index (κ1) is 23.2. The molecule has 1 unspecified atom stereocenters. The summed E-state index contributed by atoms with van der Waals surface area (Å²) in [5, 5.41) is 0. The Kier molecular flexibility index (Phi) is 10.7.